The Labute approximate surface area is 209 Å². The first kappa shape index (κ1) is 23.9. The van der Waals surface area contributed by atoms with Gasteiger partial charge in [-0.25, -0.2) is 4.98 Å². The number of morpholine rings is 1. The third kappa shape index (κ3) is 4.95. The highest BCUT2D eigenvalue weighted by Gasteiger charge is 2.39. The van der Waals surface area contributed by atoms with Gasteiger partial charge in [0.05, 0.1) is 34.9 Å². The van der Waals surface area contributed by atoms with E-state index in [0.717, 1.165) is 68.8 Å². The van der Waals surface area contributed by atoms with E-state index in [9.17, 15) is 9.90 Å². The van der Waals surface area contributed by atoms with Crippen LogP contribution in [-0.4, -0.2) is 58.4 Å². The standard InChI is InChI=1S/C26H31ClN4O4/c1-26(2,24(32)33)17-5-9-19(10-6-17)35-25-28-21-15-20(27)22(29-23(21)30-25)16-3-7-18(8-4-16)31-11-13-34-14-12-31/h3-4,7-8,15,17,19H,5-6,9-14H2,1-2H3,(H,32,33)(H,28,29,30). The lowest BCUT2D eigenvalue weighted by Gasteiger charge is -2.36. The number of imidazole rings is 1. The van der Waals surface area contributed by atoms with Crippen molar-refractivity contribution in [2.45, 2.75) is 45.6 Å². The molecule has 2 N–H and O–H groups in total. The van der Waals surface area contributed by atoms with Crippen LogP contribution in [0.3, 0.4) is 0 Å². The highest BCUT2D eigenvalue weighted by molar-refractivity contribution is 6.33. The van der Waals surface area contributed by atoms with Crippen molar-refractivity contribution in [3.63, 3.8) is 0 Å². The summed E-state index contributed by atoms with van der Waals surface area (Å²) in [5, 5.41) is 10.0. The lowest BCUT2D eigenvalue weighted by molar-refractivity contribution is -0.151. The molecule has 9 heteroatoms. The summed E-state index contributed by atoms with van der Waals surface area (Å²) in [7, 11) is 0. The monoisotopic (exact) mass is 498 g/mol. The van der Waals surface area contributed by atoms with Gasteiger partial charge in [-0.05, 0) is 63.6 Å². The number of nitrogens with one attached hydrogen (secondary N) is 1. The number of benzene rings is 1. The minimum absolute atomic E-state index is 0.000851. The van der Waals surface area contributed by atoms with Crippen LogP contribution < -0.4 is 9.64 Å². The second-order valence-electron chi connectivity index (χ2n) is 10.00. The Balaban J connectivity index is 1.28. The van der Waals surface area contributed by atoms with Crippen LogP contribution in [0.2, 0.25) is 5.02 Å². The van der Waals surface area contributed by atoms with Gasteiger partial charge in [-0.2, -0.15) is 4.98 Å². The number of rotatable bonds is 6. The van der Waals surface area contributed by atoms with Gasteiger partial charge in [-0.3, -0.25) is 4.79 Å². The number of aliphatic carboxylic acids is 1. The molecule has 35 heavy (non-hydrogen) atoms. The Morgan fingerprint density at radius 2 is 1.83 bits per heavy atom. The van der Waals surface area contributed by atoms with Gasteiger partial charge in [-0.15, -0.1) is 0 Å². The number of carboxylic acid groups (broad SMARTS) is 1. The van der Waals surface area contributed by atoms with Gasteiger partial charge in [0.25, 0.3) is 6.01 Å². The Morgan fingerprint density at radius 1 is 1.14 bits per heavy atom. The smallest absolute Gasteiger partial charge is 0.309 e. The van der Waals surface area contributed by atoms with Crippen LogP contribution in [0.1, 0.15) is 39.5 Å². The lowest BCUT2D eigenvalue weighted by atomic mass is 9.70. The predicted molar refractivity (Wildman–Crippen MR) is 135 cm³/mol. The summed E-state index contributed by atoms with van der Waals surface area (Å²) in [6.07, 6.45) is 3.23. The quantitative estimate of drug-likeness (QED) is 0.484. The van der Waals surface area contributed by atoms with Crippen LogP contribution in [0.15, 0.2) is 30.3 Å². The molecule has 0 atom stereocenters. The molecule has 3 heterocycles. The summed E-state index contributed by atoms with van der Waals surface area (Å²) in [6.45, 7) is 6.89. The molecule has 1 saturated carbocycles. The van der Waals surface area contributed by atoms with E-state index in [-0.39, 0.29) is 12.0 Å². The average molecular weight is 499 g/mol. The molecule has 1 aliphatic heterocycles. The lowest BCUT2D eigenvalue weighted by Crippen LogP contribution is -2.37. The van der Waals surface area contributed by atoms with Gasteiger partial charge in [-0.1, -0.05) is 23.7 Å². The maximum Gasteiger partial charge on any atom is 0.309 e. The minimum atomic E-state index is -0.742. The molecule has 2 aromatic heterocycles. The zero-order chi connectivity index (χ0) is 24.6. The molecule has 1 saturated heterocycles. The number of pyridine rings is 1. The molecule has 2 fully saturated rings. The SMILES string of the molecule is CC(C)(C(=O)O)C1CCC(Oc2nc3nc(-c4ccc(N5CCOCC5)cc4)c(Cl)cc3[nH]2)CC1. The van der Waals surface area contributed by atoms with E-state index >= 15 is 0 Å². The number of nitrogens with zero attached hydrogens (tertiary/aromatic N) is 3. The first-order valence-electron chi connectivity index (χ1n) is 12.2. The van der Waals surface area contributed by atoms with Crippen molar-refractivity contribution in [2.24, 2.45) is 11.3 Å². The molecule has 1 aromatic carbocycles. The Morgan fingerprint density at radius 3 is 2.49 bits per heavy atom. The summed E-state index contributed by atoms with van der Waals surface area (Å²) in [5.74, 6) is -0.596. The number of carbonyl (C=O) groups is 1. The molecular weight excluding hydrogens is 468 g/mol. The van der Waals surface area contributed by atoms with Crippen molar-refractivity contribution >= 4 is 34.4 Å². The van der Waals surface area contributed by atoms with Gasteiger partial charge < -0.3 is 24.5 Å². The molecule has 0 radical (unpaired) electrons. The van der Waals surface area contributed by atoms with Gasteiger partial charge in [0, 0.05) is 24.3 Å². The number of hydrogen-bond acceptors (Lipinski definition) is 6. The number of aromatic nitrogens is 3. The summed E-state index contributed by atoms with van der Waals surface area (Å²) >= 11 is 6.59. The highest BCUT2D eigenvalue weighted by Crippen LogP contribution is 2.39. The zero-order valence-corrected chi connectivity index (χ0v) is 20.8. The topological polar surface area (TPSA) is 101 Å². The Kier molecular flexibility index (Phi) is 6.59. The van der Waals surface area contributed by atoms with Crippen molar-refractivity contribution < 1.29 is 19.4 Å². The number of aromatic amines is 1. The fourth-order valence-corrected chi connectivity index (χ4v) is 5.30. The number of carboxylic acids is 1. The number of H-pyrrole nitrogens is 1. The molecule has 0 bridgehead atoms. The van der Waals surface area contributed by atoms with Crippen molar-refractivity contribution in [3.05, 3.63) is 35.4 Å². The molecular formula is C26H31ClN4O4. The maximum atomic E-state index is 11.6. The van der Waals surface area contributed by atoms with E-state index in [1.165, 1.54) is 0 Å². The van der Waals surface area contributed by atoms with Crippen LogP contribution in [0.5, 0.6) is 6.01 Å². The summed E-state index contributed by atoms with van der Waals surface area (Å²) in [5.41, 5.74) is 3.32. The van der Waals surface area contributed by atoms with Crippen molar-refractivity contribution in [2.75, 3.05) is 31.2 Å². The number of ether oxygens (including phenoxy) is 2. The van der Waals surface area contributed by atoms with E-state index in [1.54, 1.807) is 0 Å². The Bertz CT molecular complexity index is 1200. The fraction of sp³-hybridized carbons (Fsp3) is 0.500. The van der Waals surface area contributed by atoms with Gasteiger partial charge in [0.2, 0.25) is 0 Å². The average Bonchev–Trinajstić information content (AvgIpc) is 3.25. The molecule has 0 unspecified atom stereocenters. The Hall–Kier alpha value is -2.84. The van der Waals surface area contributed by atoms with E-state index in [1.807, 2.05) is 32.0 Å². The van der Waals surface area contributed by atoms with Crippen LogP contribution in [0, 0.1) is 11.3 Å². The molecule has 8 nitrogen and oxygen atoms in total. The van der Waals surface area contributed by atoms with Gasteiger partial charge in [0.15, 0.2) is 5.65 Å². The van der Waals surface area contributed by atoms with Crippen LogP contribution in [-0.2, 0) is 9.53 Å². The molecule has 0 amide bonds. The van der Waals surface area contributed by atoms with E-state index in [4.69, 9.17) is 26.1 Å². The third-order valence-corrected chi connectivity index (χ3v) is 7.73. The number of halogens is 1. The third-order valence-electron chi connectivity index (χ3n) is 7.45. The van der Waals surface area contributed by atoms with E-state index in [2.05, 4.69) is 27.0 Å². The van der Waals surface area contributed by atoms with Crippen molar-refractivity contribution in [3.8, 4) is 17.3 Å². The highest BCUT2D eigenvalue weighted by atomic mass is 35.5. The molecule has 1 aliphatic carbocycles. The van der Waals surface area contributed by atoms with E-state index < -0.39 is 11.4 Å². The molecule has 5 rings (SSSR count). The molecule has 0 spiro atoms. The molecule has 2 aliphatic rings. The zero-order valence-electron chi connectivity index (χ0n) is 20.1. The molecule has 3 aromatic rings. The van der Waals surface area contributed by atoms with Gasteiger partial charge in [0.1, 0.15) is 6.10 Å². The summed E-state index contributed by atoms with van der Waals surface area (Å²) in [4.78, 5) is 26.3. The fourth-order valence-electron chi connectivity index (χ4n) is 5.04. The predicted octanol–water partition coefficient (Wildman–Crippen LogP) is 5.16. The van der Waals surface area contributed by atoms with Crippen LogP contribution in [0.4, 0.5) is 5.69 Å². The van der Waals surface area contributed by atoms with Crippen molar-refractivity contribution in [1.82, 2.24) is 15.0 Å². The number of anilines is 1. The van der Waals surface area contributed by atoms with Crippen molar-refractivity contribution in [1.29, 1.82) is 0 Å². The number of hydrogen-bond donors (Lipinski definition) is 2. The largest absolute Gasteiger partial charge is 0.481 e. The van der Waals surface area contributed by atoms with Gasteiger partial charge >= 0.3 is 5.97 Å². The summed E-state index contributed by atoms with van der Waals surface area (Å²) < 4.78 is 11.6. The van der Waals surface area contributed by atoms with Crippen LogP contribution >= 0.6 is 11.6 Å². The maximum absolute atomic E-state index is 11.6. The number of fused-ring (bicyclic) bond motifs is 1. The molecule has 186 valence electrons. The second kappa shape index (κ2) is 9.66. The van der Waals surface area contributed by atoms with Crippen LogP contribution in [0.25, 0.3) is 22.4 Å². The first-order chi connectivity index (χ1) is 16.8. The second-order valence-corrected chi connectivity index (χ2v) is 10.4. The normalized spacial score (nSPS) is 21.3. The first-order valence-corrected chi connectivity index (χ1v) is 12.6. The van der Waals surface area contributed by atoms with E-state index in [0.29, 0.717) is 22.4 Å². The summed E-state index contributed by atoms with van der Waals surface area (Å²) in [6, 6.07) is 10.5. The minimum Gasteiger partial charge on any atom is -0.481 e.